The summed E-state index contributed by atoms with van der Waals surface area (Å²) in [5.74, 6) is -1.06. The summed E-state index contributed by atoms with van der Waals surface area (Å²) in [7, 11) is 0. The molecule has 0 saturated heterocycles. The van der Waals surface area contributed by atoms with E-state index < -0.39 is 11.4 Å². The van der Waals surface area contributed by atoms with Crippen LogP contribution in [0, 0.1) is 5.92 Å². The Labute approximate surface area is 169 Å². The minimum Gasteiger partial charge on any atom is -0.462 e. The normalized spacial score (nSPS) is 25.9. The molecule has 0 bridgehead atoms. The van der Waals surface area contributed by atoms with Gasteiger partial charge in [-0.2, -0.15) is 0 Å². The minimum atomic E-state index is -1.63. The Hall–Kier alpha value is -3.09. The molecule has 2 aliphatic heterocycles. The Kier molecular flexibility index (Phi) is 4.48. The number of nitrogens with two attached hydrogens (primary N) is 1. The number of hydrogen-bond acceptors (Lipinski definition) is 6. The number of rotatable bonds is 3. The van der Waals surface area contributed by atoms with Gasteiger partial charge in [-0.15, -0.1) is 0 Å². The molecule has 0 fully saturated rings. The Morgan fingerprint density at radius 2 is 2.00 bits per heavy atom. The lowest BCUT2D eigenvalue weighted by molar-refractivity contribution is -0.141. The fourth-order valence-electron chi connectivity index (χ4n) is 4.78. The van der Waals surface area contributed by atoms with Crippen LogP contribution in [0.25, 0.3) is 0 Å². The number of carbonyl (C=O) groups is 3. The summed E-state index contributed by atoms with van der Waals surface area (Å²) in [6, 6.07) is 7.20. The summed E-state index contributed by atoms with van der Waals surface area (Å²) in [5, 5.41) is 0. The summed E-state index contributed by atoms with van der Waals surface area (Å²) in [6.07, 6.45) is 0.753. The van der Waals surface area contributed by atoms with Crippen molar-refractivity contribution in [1.29, 1.82) is 0 Å². The molecule has 29 heavy (non-hydrogen) atoms. The average molecular weight is 396 g/mol. The molecule has 7 nitrogen and oxygen atoms in total. The number of anilines is 1. The molecule has 1 aliphatic carbocycles. The number of para-hydroxylation sites is 1. The molecule has 2 atom stereocenters. The zero-order chi connectivity index (χ0) is 20.9. The molecule has 3 aliphatic rings. The van der Waals surface area contributed by atoms with Gasteiger partial charge in [-0.05, 0) is 25.8 Å². The van der Waals surface area contributed by atoms with Crippen molar-refractivity contribution in [2.45, 2.75) is 39.0 Å². The maximum atomic E-state index is 13.9. The number of hydrogen-bond donors (Lipinski definition) is 1. The highest BCUT2D eigenvalue weighted by molar-refractivity contribution is 6.23. The van der Waals surface area contributed by atoms with E-state index in [4.69, 9.17) is 15.2 Å². The van der Waals surface area contributed by atoms with Crippen LogP contribution in [0.5, 0.6) is 0 Å². The van der Waals surface area contributed by atoms with Gasteiger partial charge in [0.1, 0.15) is 16.7 Å². The van der Waals surface area contributed by atoms with E-state index in [1.165, 1.54) is 0 Å². The number of ether oxygens (including phenoxy) is 2. The Bertz CT molecular complexity index is 993. The molecule has 2 heterocycles. The summed E-state index contributed by atoms with van der Waals surface area (Å²) in [4.78, 5) is 41.8. The summed E-state index contributed by atoms with van der Waals surface area (Å²) < 4.78 is 11.0. The Morgan fingerprint density at radius 1 is 1.28 bits per heavy atom. The van der Waals surface area contributed by atoms with Crippen LogP contribution in [0.2, 0.25) is 0 Å². The van der Waals surface area contributed by atoms with Gasteiger partial charge >= 0.3 is 5.97 Å². The van der Waals surface area contributed by atoms with Gasteiger partial charge in [0.15, 0.2) is 5.78 Å². The molecule has 0 radical (unpaired) electrons. The van der Waals surface area contributed by atoms with Gasteiger partial charge in [-0.3, -0.25) is 9.59 Å². The highest BCUT2D eigenvalue weighted by Crippen LogP contribution is 2.56. The van der Waals surface area contributed by atoms with Crippen molar-refractivity contribution < 1.29 is 23.9 Å². The summed E-state index contributed by atoms with van der Waals surface area (Å²) >= 11 is 0. The van der Waals surface area contributed by atoms with E-state index >= 15 is 0 Å². The van der Waals surface area contributed by atoms with E-state index in [1.807, 2.05) is 26.0 Å². The molecule has 2 N–H and O–H groups in total. The SMILES string of the molecule is CCOC(=O)C1=C(N)OC2=C(C(=O)C[C@H](C)C2)[C@]12C(=O)N(CC)c1ccccc12. The summed E-state index contributed by atoms with van der Waals surface area (Å²) in [6.45, 7) is 5.97. The monoisotopic (exact) mass is 396 g/mol. The predicted molar refractivity (Wildman–Crippen MR) is 106 cm³/mol. The number of allylic oxidation sites excluding steroid dienone is 1. The fraction of sp³-hybridized carbons (Fsp3) is 0.409. The van der Waals surface area contributed by atoms with Gasteiger partial charge in [0, 0.05) is 30.6 Å². The number of likely N-dealkylation sites (N-methyl/N-ethyl adjacent to an activating group) is 1. The maximum Gasteiger partial charge on any atom is 0.341 e. The second kappa shape index (κ2) is 6.76. The van der Waals surface area contributed by atoms with Crippen LogP contribution in [0.3, 0.4) is 0 Å². The first-order valence-electron chi connectivity index (χ1n) is 9.91. The van der Waals surface area contributed by atoms with E-state index in [1.54, 1.807) is 24.0 Å². The van der Waals surface area contributed by atoms with E-state index in [2.05, 4.69) is 0 Å². The number of Topliss-reactive ketones (excluding diaryl/α,β-unsaturated/α-hetero) is 1. The third-order valence-corrected chi connectivity index (χ3v) is 5.82. The Balaban J connectivity index is 2.09. The molecule has 0 aromatic heterocycles. The highest BCUT2D eigenvalue weighted by Gasteiger charge is 2.63. The van der Waals surface area contributed by atoms with Gasteiger partial charge in [0.25, 0.3) is 0 Å². The summed E-state index contributed by atoms with van der Waals surface area (Å²) in [5.41, 5.74) is 5.93. The molecule has 152 valence electrons. The van der Waals surface area contributed by atoms with Crippen LogP contribution >= 0.6 is 0 Å². The van der Waals surface area contributed by atoms with Crippen LogP contribution < -0.4 is 10.6 Å². The van der Waals surface area contributed by atoms with Gasteiger partial charge in [-0.25, -0.2) is 4.79 Å². The molecule has 0 saturated carbocycles. The van der Waals surface area contributed by atoms with Gasteiger partial charge in [0.05, 0.1) is 12.2 Å². The number of amides is 1. The Morgan fingerprint density at radius 3 is 2.69 bits per heavy atom. The van der Waals surface area contributed by atoms with Gasteiger partial charge in [-0.1, -0.05) is 25.1 Å². The predicted octanol–water partition coefficient (Wildman–Crippen LogP) is 2.31. The van der Waals surface area contributed by atoms with Crippen LogP contribution in [0.1, 0.15) is 39.2 Å². The van der Waals surface area contributed by atoms with Crippen LogP contribution in [-0.4, -0.2) is 30.8 Å². The number of fused-ring (bicyclic) bond motifs is 3. The molecule has 1 aromatic carbocycles. The first-order chi connectivity index (χ1) is 13.9. The second-order valence-electron chi connectivity index (χ2n) is 7.61. The standard InChI is InChI=1S/C22H24N2O5/c1-4-24-14-9-7-6-8-13(14)22(21(24)27)17-15(25)10-12(3)11-16(17)29-19(23)18(22)20(26)28-5-2/h6-9,12H,4-5,10-11,23H2,1-3H3/t12-,22-/m0/s1. The minimum absolute atomic E-state index is 0.0595. The topological polar surface area (TPSA) is 98.9 Å². The maximum absolute atomic E-state index is 13.9. The second-order valence-corrected chi connectivity index (χ2v) is 7.61. The smallest absolute Gasteiger partial charge is 0.341 e. The number of ketones is 1. The van der Waals surface area contributed by atoms with Crippen molar-refractivity contribution in [3.8, 4) is 0 Å². The van der Waals surface area contributed by atoms with Crippen molar-refractivity contribution in [2.24, 2.45) is 11.7 Å². The van der Waals surface area contributed by atoms with Crippen molar-refractivity contribution >= 4 is 23.3 Å². The quantitative estimate of drug-likeness (QED) is 0.787. The highest BCUT2D eigenvalue weighted by atomic mass is 16.5. The zero-order valence-corrected chi connectivity index (χ0v) is 16.8. The van der Waals surface area contributed by atoms with Crippen LogP contribution in [-0.2, 0) is 29.3 Å². The van der Waals surface area contributed by atoms with E-state index in [-0.39, 0.29) is 47.7 Å². The molecule has 1 spiro atoms. The average Bonchev–Trinajstić information content (AvgIpc) is 2.90. The molecule has 4 rings (SSSR count). The van der Waals surface area contributed by atoms with Crippen molar-refractivity contribution in [2.75, 3.05) is 18.1 Å². The first-order valence-corrected chi connectivity index (χ1v) is 9.91. The molecule has 0 unspecified atom stereocenters. The molecule has 1 aromatic rings. The van der Waals surface area contributed by atoms with Crippen molar-refractivity contribution in [3.63, 3.8) is 0 Å². The van der Waals surface area contributed by atoms with Crippen LogP contribution in [0.15, 0.2) is 47.1 Å². The van der Waals surface area contributed by atoms with Crippen molar-refractivity contribution in [3.05, 3.63) is 52.6 Å². The third kappa shape index (κ3) is 2.46. The third-order valence-electron chi connectivity index (χ3n) is 5.82. The van der Waals surface area contributed by atoms with Crippen molar-refractivity contribution in [1.82, 2.24) is 0 Å². The lowest BCUT2D eigenvalue weighted by Crippen LogP contribution is -2.51. The number of carbonyl (C=O) groups excluding carboxylic acids is 3. The van der Waals surface area contributed by atoms with E-state index in [0.29, 0.717) is 30.0 Å². The van der Waals surface area contributed by atoms with Crippen LogP contribution in [0.4, 0.5) is 5.69 Å². The van der Waals surface area contributed by atoms with Gasteiger partial charge in [0.2, 0.25) is 11.8 Å². The fourth-order valence-corrected chi connectivity index (χ4v) is 4.78. The lowest BCUT2D eigenvalue weighted by atomic mass is 9.64. The van der Waals surface area contributed by atoms with E-state index in [0.717, 1.165) is 0 Å². The number of esters is 1. The van der Waals surface area contributed by atoms with Gasteiger partial charge < -0.3 is 20.1 Å². The first kappa shape index (κ1) is 19.2. The number of nitrogens with zero attached hydrogens (tertiary/aromatic N) is 1. The zero-order valence-electron chi connectivity index (χ0n) is 16.8. The lowest BCUT2D eigenvalue weighted by Gasteiger charge is -2.39. The molecule has 7 heteroatoms. The molecular formula is C22H24N2O5. The largest absolute Gasteiger partial charge is 0.462 e. The molecule has 1 amide bonds. The molecular weight excluding hydrogens is 372 g/mol. The number of benzene rings is 1. The van der Waals surface area contributed by atoms with E-state index in [9.17, 15) is 14.4 Å².